The van der Waals surface area contributed by atoms with Crippen molar-refractivity contribution in [3.8, 4) is 0 Å². The molecule has 1 saturated heterocycles. The van der Waals surface area contributed by atoms with Crippen LogP contribution in [0, 0.1) is 5.92 Å². The van der Waals surface area contributed by atoms with Crippen molar-refractivity contribution in [3.05, 3.63) is 52.0 Å². The van der Waals surface area contributed by atoms with Gasteiger partial charge in [-0.1, -0.05) is 6.07 Å². The number of carboxylic acids is 1. The average Bonchev–Trinajstić information content (AvgIpc) is 3.16. The molecule has 6 heteroatoms. The molecule has 0 unspecified atom stereocenters. The Morgan fingerprint density at radius 1 is 1.43 bits per heavy atom. The molecular weight excluding hydrogens is 312 g/mol. The van der Waals surface area contributed by atoms with Crippen LogP contribution in [-0.2, 0) is 11.3 Å². The van der Waals surface area contributed by atoms with Crippen molar-refractivity contribution in [2.45, 2.75) is 19.4 Å². The fraction of sp³-hybridized carbons (Fsp3) is 0.353. The standard InChI is InChI=1S/C17H18N2O3S/c1-11(20)16-5-12(10-23-16)7-19-8-14(15(9-19)17(21)22)13-3-2-4-18-6-13/h2-6,10,14-15H,7-9H2,1H3,(H,21,22)/t14-,15+/m1/s1. The summed E-state index contributed by atoms with van der Waals surface area (Å²) in [5.41, 5.74) is 2.04. The monoisotopic (exact) mass is 330 g/mol. The highest BCUT2D eigenvalue weighted by Gasteiger charge is 2.38. The number of pyridine rings is 1. The SMILES string of the molecule is CC(=O)c1cc(CN2C[C@H](C(=O)O)[C@@H](c3cccnc3)C2)cs1. The van der Waals surface area contributed by atoms with Gasteiger partial charge in [0.15, 0.2) is 5.78 Å². The lowest BCUT2D eigenvalue weighted by atomic mass is 9.90. The van der Waals surface area contributed by atoms with E-state index in [1.807, 2.05) is 23.6 Å². The molecule has 0 amide bonds. The van der Waals surface area contributed by atoms with Crippen molar-refractivity contribution in [1.29, 1.82) is 0 Å². The van der Waals surface area contributed by atoms with E-state index in [-0.39, 0.29) is 11.7 Å². The Balaban J connectivity index is 1.74. The molecule has 1 fully saturated rings. The largest absolute Gasteiger partial charge is 0.481 e. The number of carboxylic acid groups (broad SMARTS) is 1. The van der Waals surface area contributed by atoms with E-state index in [0.29, 0.717) is 19.6 Å². The minimum Gasteiger partial charge on any atom is -0.481 e. The van der Waals surface area contributed by atoms with Gasteiger partial charge in [-0.3, -0.25) is 19.5 Å². The first kappa shape index (κ1) is 15.8. The van der Waals surface area contributed by atoms with Crippen LogP contribution < -0.4 is 0 Å². The van der Waals surface area contributed by atoms with Gasteiger partial charge in [0, 0.05) is 37.9 Å². The Kier molecular flexibility index (Phi) is 4.54. The molecule has 3 rings (SSSR count). The molecule has 0 aromatic carbocycles. The highest BCUT2D eigenvalue weighted by Crippen LogP contribution is 2.33. The first-order chi connectivity index (χ1) is 11.0. The average molecular weight is 330 g/mol. The topological polar surface area (TPSA) is 70.5 Å². The Hall–Kier alpha value is -2.05. The van der Waals surface area contributed by atoms with E-state index >= 15 is 0 Å². The summed E-state index contributed by atoms with van der Waals surface area (Å²) in [7, 11) is 0. The lowest BCUT2D eigenvalue weighted by Gasteiger charge is -2.15. The summed E-state index contributed by atoms with van der Waals surface area (Å²) in [6.45, 7) is 3.43. The Morgan fingerprint density at radius 3 is 2.87 bits per heavy atom. The maximum absolute atomic E-state index is 11.6. The van der Waals surface area contributed by atoms with Crippen molar-refractivity contribution < 1.29 is 14.7 Å². The predicted molar refractivity (Wildman–Crippen MR) is 87.7 cm³/mol. The van der Waals surface area contributed by atoms with E-state index in [1.165, 1.54) is 11.3 Å². The minimum atomic E-state index is -0.768. The Morgan fingerprint density at radius 2 is 2.26 bits per heavy atom. The number of carbonyl (C=O) groups excluding carboxylic acids is 1. The summed E-state index contributed by atoms with van der Waals surface area (Å²) in [6.07, 6.45) is 3.45. The molecule has 0 aliphatic carbocycles. The fourth-order valence-electron chi connectivity index (χ4n) is 3.10. The molecule has 3 heterocycles. The maximum Gasteiger partial charge on any atom is 0.308 e. The van der Waals surface area contributed by atoms with Gasteiger partial charge >= 0.3 is 5.97 Å². The molecule has 0 saturated carbocycles. The summed E-state index contributed by atoms with van der Waals surface area (Å²) in [5.74, 6) is -1.17. The van der Waals surface area contributed by atoms with Crippen LogP contribution in [0.5, 0.6) is 0 Å². The number of thiophene rings is 1. The summed E-state index contributed by atoms with van der Waals surface area (Å²) in [6, 6.07) is 5.69. The molecule has 23 heavy (non-hydrogen) atoms. The second-order valence-corrected chi connectivity index (χ2v) is 6.82. The molecule has 0 radical (unpaired) electrons. The Labute approximate surface area is 138 Å². The normalized spacial score (nSPS) is 21.4. The molecule has 1 aliphatic heterocycles. The third-order valence-electron chi connectivity index (χ3n) is 4.23. The van der Waals surface area contributed by atoms with Crippen LogP contribution >= 0.6 is 11.3 Å². The van der Waals surface area contributed by atoms with Crippen molar-refractivity contribution in [2.24, 2.45) is 5.92 Å². The second kappa shape index (κ2) is 6.60. The van der Waals surface area contributed by atoms with Crippen LogP contribution in [0.4, 0.5) is 0 Å². The summed E-state index contributed by atoms with van der Waals surface area (Å²) < 4.78 is 0. The third kappa shape index (κ3) is 3.48. The number of hydrogen-bond donors (Lipinski definition) is 1. The highest BCUT2D eigenvalue weighted by molar-refractivity contribution is 7.12. The molecule has 2 aromatic heterocycles. The van der Waals surface area contributed by atoms with Crippen LogP contribution in [0.3, 0.4) is 0 Å². The number of carbonyl (C=O) groups is 2. The van der Waals surface area contributed by atoms with E-state index in [0.717, 1.165) is 16.0 Å². The maximum atomic E-state index is 11.6. The van der Waals surface area contributed by atoms with Crippen LogP contribution in [0.25, 0.3) is 0 Å². The van der Waals surface area contributed by atoms with E-state index < -0.39 is 11.9 Å². The van der Waals surface area contributed by atoms with E-state index in [2.05, 4.69) is 9.88 Å². The zero-order valence-corrected chi connectivity index (χ0v) is 13.6. The first-order valence-electron chi connectivity index (χ1n) is 7.48. The van der Waals surface area contributed by atoms with Crippen molar-refractivity contribution in [3.63, 3.8) is 0 Å². The highest BCUT2D eigenvalue weighted by atomic mass is 32.1. The van der Waals surface area contributed by atoms with Crippen molar-refractivity contribution >= 4 is 23.1 Å². The minimum absolute atomic E-state index is 0.0490. The van der Waals surface area contributed by atoms with Crippen LogP contribution in [0.15, 0.2) is 36.0 Å². The van der Waals surface area contributed by atoms with Gasteiger partial charge in [-0.2, -0.15) is 0 Å². The van der Waals surface area contributed by atoms with Gasteiger partial charge in [0.2, 0.25) is 0 Å². The molecule has 1 N–H and O–H groups in total. The number of likely N-dealkylation sites (tertiary alicyclic amines) is 1. The van der Waals surface area contributed by atoms with Gasteiger partial charge in [0.1, 0.15) is 0 Å². The van der Waals surface area contributed by atoms with Gasteiger partial charge in [-0.25, -0.2) is 0 Å². The van der Waals surface area contributed by atoms with E-state index in [4.69, 9.17) is 0 Å². The first-order valence-corrected chi connectivity index (χ1v) is 8.36. The van der Waals surface area contributed by atoms with Crippen LogP contribution in [0.1, 0.15) is 33.6 Å². The quantitative estimate of drug-likeness (QED) is 0.854. The van der Waals surface area contributed by atoms with Gasteiger partial charge < -0.3 is 5.11 Å². The summed E-state index contributed by atoms with van der Waals surface area (Å²) in [5, 5.41) is 11.5. The summed E-state index contributed by atoms with van der Waals surface area (Å²) >= 11 is 1.44. The van der Waals surface area contributed by atoms with Gasteiger partial charge in [-0.15, -0.1) is 11.3 Å². The number of rotatable bonds is 5. The molecule has 2 atom stereocenters. The number of aliphatic carboxylic acids is 1. The number of hydrogen-bond acceptors (Lipinski definition) is 5. The van der Waals surface area contributed by atoms with Crippen LogP contribution in [-0.4, -0.2) is 39.8 Å². The van der Waals surface area contributed by atoms with Crippen LogP contribution in [0.2, 0.25) is 0 Å². The van der Waals surface area contributed by atoms with Gasteiger partial charge in [-0.05, 0) is 35.6 Å². The zero-order valence-electron chi connectivity index (χ0n) is 12.8. The number of aromatic nitrogens is 1. The number of ketones is 1. The lowest BCUT2D eigenvalue weighted by Crippen LogP contribution is -2.23. The smallest absolute Gasteiger partial charge is 0.308 e. The third-order valence-corrected chi connectivity index (χ3v) is 5.31. The number of Topliss-reactive ketones (excluding diaryl/α,β-unsaturated/α-hetero) is 1. The predicted octanol–water partition coefficient (Wildman–Crippen LogP) is 2.65. The Bertz CT molecular complexity index is 714. The lowest BCUT2D eigenvalue weighted by molar-refractivity contribution is -0.141. The summed E-state index contributed by atoms with van der Waals surface area (Å²) in [4.78, 5) is 30.0. The van der Waals surface area contributed by atoms with Crippen molar-refractivity contribution in [1.82, 2.24) is 9.88 Å². The molecule has 5 nitrogen and oxygen atoms in total. The second-order valence-electron chi connectivity index (χ2n) is 5.91. The molecular formula is C17H18N2O3S. The molecule has 2 aromatic rings. The van der Waals surface area contributed by atoms with Crippen molar-refractivity contribution in [2.75, 3.05) is 13.1 Å². The van der Waals surface area contributed by atoms with E-state index in [1.54, 1.807) is 19.3 Å². The van der Waals surface area contributed by atoms with Gasteiger partial charge in [0.05, 0.1) is 10.8 Å². The fourth-order valence-corrected chi connectivity index (χ4v) is 3.91. The molecule has 0 spiro atoms. The number of nitrogens with zero attached hydrogens (tertiary/aromatic N) is 2. The molecule has 120 valence electrons. The molecule has 0 bridgehead atoms. The zero-order chi connectivity index (χ0) is 16.4. The molecule has 1 aliphatic rings. The van der Waals surface area contributed by atoms with Gasteiger partial charge in [0.25, 0.3) is 0 Å². The van der Waals surface area contributed by atoms with E-state index in [9.17, 15) is 14.7 Å².